The minimum atomic E-state index is -0.700. The van der Waals surface area contributed by atoms with Gasteiger partial charge < -0.3 is 23.6 Å². The smallest absolute Gasteiger partial charge is 0.375 e. The van der Waals surface area contributed by atoms with Crippen LogP contribution in [0.3, 0.4) is 0 Å². The fourth-order valence-electron chi connectivity index (χ4n) is 3.77. The summed E-state index contributed by atoms with van der Waals surface area (Å²) in [7, 11) is 1.52. The number of hydrogen-bond donors (Lipinski definition) is 1. The average molecular weight is 429 g/mol. The first kappa shape index (κ1) is 19.7. The molecule has 0 spiro atoms. The number of amides is 1. The first-order valence-corrected chi connectivity index (χ1v) is 9.99. The van der Waals surface area contributed by atoms with E-state index in [1.807, 2.05) is 42.5 Å². The highest BCUT2D eigenvalue weighted by molar-refractivity contribution is 6.08. The number of hydrogen-bond acceptors (Lipinski definition) is 6. The molecular weight excluding hydrogens is 410 g/mol. The molecule has 2 aromatic heterocycles. The van der Waals surface area contributed by atoms with Gasteiger partial charge in [0.15, 0.2) is 6.61 Å². The molecule has 0 saturated carbocycles. The van der Waals surface area contributed by atoms with Gasteiger partial charge >= 0.3 is 5.97 Å². The zero-order valence-corrected chi connectivity index (χ0v) is 17.4. The molecule has 5 rings (SSSR count). The molecule has 0 fully saturated rings. The van der Waals surface area contributed by atoms with Crippen molar-refractivity contribution in [2.75, 3.05) is 19.0 Å². The van der Waals surface area contributed by atoms with Crippen molar-refractivity contribution in [2.45, 2.75) is 6.92 Å². The number of benzene rings is 3. The quantitative estimate of drug-likeness (QED) is 0.374. The third-order valence-corrected chi connectivity index (χ3v) is 5.34. The highest BCUT2D eigenvalue weighted by atomic mass is 16.5. The normalized spacial score (nSPS) is 11.2. The largest absolute Gasteiger partial charge is 0.495 e. The number of fused-ring (bicyclic) bond motifs is 4. The summed E-state index contributed by atoms with van der Waals surface area (Å²) < 4.78 is 22.1. The van der Waals surface area contributed by atoms with Crippen molar-refractivity contribution in [3.63, 3.8) is 0 Å². The van der Waals surface area contributed by atoms with E-state index in [0.717, 1.165) is 21.7 Å². The second kappa shape index (κ2) is 7.77. The lowest BCUT2D eigenvalue weighted by Crippen LogP contribution is -2.21. The predicted molar refractivity (Wildman–Crippen MR) is 120 cm³/mol. The minimum Gasteiger partial charge on any atom is -0.495 e. The number of rotatable bonds is 5. The Hall–Kier alpha value is -4.26. The Kier molecular flexibility index (Phi) is 4.78. The van der Waals surface area contributed by atoms with E-state index >= 15 is 0 Å². The van der Waals surface area contributed by atoms with Crippen molar-refractivity contribution in [3.8, 4) is 5.75 Å². The van der Waals surface area contributed by atoms with Crippen LogP contribution in [0.25, 0.3) is 32.9 Å². The number of anilines is 1. The van der Waals surface area contributed by atoms with E-state index in [4.69, 9.17) is 18.3 Å². The fraction of sp³-hybridized carbons (Fsp3) is 0.120. The summed E-state index contributed by atoms with van der Waals surface area (Å²) in [5.74, 6) is -0.661. The second-order valence-electron chi connectivity index (χ2n) is 7.32. The number of aryl methyl sites for hydroxylation is 1. The van der Waals surface area contributed by atoms with E-state index in [1.54, 1.807) is 25.1 Å². The molecule has 0 unspecified atom stereocenters. The van der Waals surface area contributed by atoms with Gasteiger partial charge in [-0.05, 0) is 25.1 Å². The standard InChI is InChI=1S/C25H19NO6/c1-14-15-7-3-5-9-19(15)32-24(14)25(28)30-13-23(27)26-18-12-21-17(11-22(18)29-2)16-8-4-6-10-20(16)31-21/h3-12H,13H2,1-2H3,(H,26,27). The van der Waals surface area contributed by atoms with Crippen molar-refractivity contribution in [2.24, 2.45) is 0 Å². The molecule has 7 heteroatoms. The molecule has 0 aliphatic rings. The van der Waals surface area contributed by atoms with Gasteiger partial charge in [-0.15, -0.1) is 0 Å². The Bertz CT molecular complexity index is 1490. The van der Waals surface area contributed by atoms with Gasteiger partial charge in [0, 0.05) is 27.8 Å². The van der Waals surface area contributed by atoms with Gasteiger partial charge in [0.25, 0.3) is 5.91 Å². The number of nitrogens with one attached hydrogen (secondary N) is 1. The lowest BCUT2D eigenvalue weighted by atomic mass is 10.1. The third-order valence-electron chi connectivity index (χ3n) is 5.34. The Balaban J connectivity index is 1.33. The van der Waals surface area contributed by atoms with Gasteiger partial charge in [0.1, 0.15) is 22.5 Å². The van der Waals surface area contributed by atoms with E-state index in [1.165, 1.54) is 7.11 Å². The fourth-order valence-corrected chi connectivity index (χ4v) is 3.77. The highest BCUT2D eigenvalue weighted by Crippen LogP contribution is 2.36. The molecule has 160 valence electrons. The molecule has 0 atom stereocenters. The van der Waals surface area contributed by atoms with Gasteiger partial charge in [-0.2, -0.15) is 0 Å². The first-order valence-electron chi connectivity index (χ1n) is 9.99. The Morgan fingerprint density at radius 3 is 2.28 bits per heavy atom. The lowest BCUT2D eigenvalue weighted by molar-refractivity contribution is -0.119. The highest BCUT2D eigenvalue weighted by Gasteiger charge is 2.20. The van der Waals surface area contributed by atoms with Crippen molar-refractivity contribution in [1.82, 2.24) is 0 Å². The summed E-state index contributed by atoms with van der Waals surface area (Å²) in [4.78, 5) is 24.9. The SMILES string of the molecule is COc1cc2c(cc1NC(=O)COC(=O)c1oc3ccccc3c1C)oc1ccccc12. The maximum atomic E-state index is 12.5. The van der Waals surface area contributed by atoms with Gasteiger partial charge in [0.2, 0.25) is 5.76 Å². The number of ether oxygens (including phenoxy) is 2. The van der Waals surface area contributed by atoms with Crippen molar-refractivity contribution in [1.29, 1.82) is 0 Å². The van der Waals surface area contributed by atoms with Crippen LogP contribution in [-0.2, 0) is 9.53 Å². The molecule has 0 bridgehead atoms. The zero-order valence-electron chi connectivity index (χ0n) is 17.4. The molecular formula is C25H19NO6. The molecule has 3 aromatic carbocycles. The summed E-state index contributed by atoms with van der Waals surface area (Å²) in [6, 6.07) is 18.5. The van der Waals surface area contributed by atoms with E-state index in [9.17, 15) is 9.59 Å². The third kappa shape index (κ3) is 3.33. The Morgan fingerprint density at radius 2 is 1.56 bits per heavy atom. The van der Waals surface area contributed by atoms with Crippen LogP contribution in [0.4, 0.5) is 5.69 Å². The van der Waals surface area contributed by atoms with Gasteiger partial charge in [-0.1, -0.05) is 36.4 Å². The van der Waals surface area contributed by atoms with Crippen LogP contribution >= 0.6 is 0 Å². The molecule has 0 radical (unpaired) electrons. The van der Waals surface area contributed by atoms with Crippen LogP contribution in [0.5, 0.6) is 5.75 Å². The molecule has 32 heavy (non-hydrogen) atoms. The summed E-state index contributed by atoms with van der Waals surface area (Å²) in [5, 5.41) is 5.37. The monoisotopic (exact) mass is 429 g/mol. The molecule has 2 heterocycles. The van der Waals surface area contributed by atoms with E-state index < -0.39 is 18.5 Å². The van der Waals surface area contributed by atoms with Crippen molar-refractivity contribution < 1.29 is 27.9 Å². The average Bonchev–Trinajstić information content (AvgIpc) is 3.34. The summed E-state index contributed by atoms with van der Waals surface area (Å²) in [5.41, 5.74) is 3.02. The topological polar surface area (TPSA) is 90.9 Å². The van der Waals surface area contributed by atoms with Crippen molar-refractivity contribution >= 4 is 50.5 Å². The van der Waals surface area contributed by atoms with Crippen molar-refractivity contribution in [3.05, 3.63) is 72.0 Å². The van der Waals surface area contributed by atoms with E-state index in [0.29, 0.717) is 28.2 Å². The first-order chi connectivity index (χ1) is 15.5. The minimum absolute atomic E-state index is 0.0836. The number of furan rings is 2. The summed E-state index contributed by atoms with van der Waals surface area (Å²) >= 11 is 0. The van der Waals surface area contributed by atoms with E-state index in [-0.39, 0.29) is 5.76 Å². The van der Waals surface area contributed by atoms with Gasteiger partial charge in [-0.25, -0.2) is 4.79 Å². The molecule has 1 N–H and O–H groups in total. The lowest BCUT2D eigenvalue weighted by Gasteiger charge is -2.10. The molecule has 1 amide bonds. The summed E-state index contributed by atoms with van der Waals surface area (Å²) in [6.07, 6.45) is 0. The number of carbonyl (C=O) groups excluding carboxylic acids is 2. The van der Waals surface area contributed by atoms with Crippen LogP contribution < -0.4 is 10.1 Å². The maximum absolute atomic E-state index is 12.5. The summed E-state index contributed by atoms with van der Waals surface area (Å²) in [6.45, 7) is 1.30. The number of carbonyl (C=O) groups is 2. The molecule has 0 aliphatic heterocycles. The Morgan fingerprint density at radius 1 is 0.875 bits per heavy atom. The second-order valence-corrected chi connectivity index (χ2v) is 7.32. The molecule has 0 aliphatic carbocycles. The molecule has 0 saturated heterocycles. The molecule has 5 aromatic rings. The van der Waals surface area contributed by atoms with Gasteiger partial charge in [0.05, 0.1) is 12.8 Å². The van der Waals surface area contributed by atoms with E-state index in [2.05, 4.69) is 5.32 Å². The van der Waals surface area contributed by atoms with Crippen LogP contribution in [0, 0.1) is 6.92 Å². The number of methoxy groups -OCH3 is 1. The number of para-hydroxylation sites is 2. The van der Waals surface area contributed by atoms with Crippen LogP contribution in [-0.4, -0.2) is 25.6 Å². The maximum Gasteiger partial charge on any atom is 0.375 e. The van der Waals surface area contributed by atoms with Gasteiger partial charge in [-0.3, -0.25) is 4.79 Å². The van der Waals surface area contributed by atoms with Crippen LogP contribution in [0.1, 0.15) is 16.1 Å². The zero-order chi connectivity index (χ0) is 22.2. The van der Waals surface area contributed by atoms with Crippen LogP contribution in [0.15, 0.2) is 69.5 Å². The molecule has 7 nitrogen and oxygen atoms in total. The Labute approximate surface area is 182 Å². The number of esters is 1. The predicted octanol–water partition coefficient (Wildman–Crippen LogP) is 5.44. The van der Waals surface area contributed by atoms with Crippen LogP contribution in [0.2, 0.25) is 0 Å².